The number of carbonyl (C=O) groups is 1. The molecule has 0 spiro atoms. The molecule has 2 atom stereocenters. The molecule has 0 heterocycles. The number of carbonyl (C=O) groups excluding carboxylic acids is 1. The Morgan fingerprint density at radius 3 is 2.56 bits per heavy atom. The third-order valence-electron chi connectivity index (χ3n) is 4.78. The second-order valence-corrected chi connectivity index (χ2v) is 6.75. The largest absolute Gasteiger partial charge is 0.497 e. The molecular formula is C23H26N2O2. The van der Waals surface area contributed by atoms with Crippen molar-refractivity contribution < 1.29 is 9.53 Å². The number of methoxy groups -OCH3 is 1. The predicted molar refractivity (Wildman–Crippen MR) is 110 cm³/mol. The Hall–Kier alpha value is -2.85. The molecule has 0 bridgehead atoms. The third kappa shape index (κ3) is 4.66. The van der Waals surface area contributed by atoms with Crippen molar-refractivity contribution in [2.24, 2.45) is 0 Å². The Morgan fingerprint density at radius 1 is 1.00 bits per heavy atom. The molecule has 3 rings (SSSR count). The fourth-order valence-electron chi connectivity index (χ4n) is 3.29. The summed E-state index contributed by atoms with van der Waals surface area (Å²) in [7, 11) is 1.64. The molecule has 3 aromatic rings. The number of fused-ring (bicyclic) bond motifs is 1. The van der Waals surface area contributed by atoms with E-state index >= 15 is 0 Å². The lowest BCUT2D eigenvalue weighted by atomic mass is 9.99. The standard InChI is InChI=1S/C23H26N2O2/c1-16(21-13-7-10-19-9-4-5-12-22(19)21)25-17(2)23(26)24-15-18-8-6-11-20(14-18)27-3/h4-14,16-17,25H,15H2,1-3H3,(H,24,26). The molecule has 27 heavy (non-hydrogen) atoms. The third-order valence-corrected chi connectivity index (χ3v) is 4.78. The fourth-order valence-corrected chi connectivity index (χ4v) is 3.29. The van der Waals surface area contributed by atoms with Gasteiger partial charge in [0, 0.05) is 12.6 Å². The van der Waals surface area contributed by atoms with E-state index in [4.69, 9.17) is 4.74 Å². The highest BCUT2D eigenvalue weighted by Gasteiger charge is 2.17. The van der Waals surface area contributed by atoms with E-state index in [0.29, 0.717) is 6.54 Å². The number of rotatable bonds is 7. The number of nitrogens with one attached hydrogen (secondary N) is 2. The molecule has 0 saturated heterocycles. The van der Waals surface area contributed by atoms with E-state index in [9.17, 15) is 4.79 Å². The molecule has 3 aromatic carbocycles. The molecule has 0 aliphatic rings. The van der Waals surface area contributed by atoms with Gasteiger partial charge in [-0.05, 0) is 47.9 Å². The summed E-state index contributed by atoms with van der Waals surface area (Å²) in [4.78, 5) is 12.5. The van der Waals surface area contributed by atoms with Crippen LogP contribution in [-0.4, -0.2) is 19.1 Å². The lowest BCUT2D eigenvalue weighted by molar-refractivity contribution is -0.123. The Kier molecular flexibility index (Phi) is 6.09. The molecule has 0 radical (unpaired) electrons. The van der Waals surface area contributed by atoms with Gasteiger partial charge in [-0.15, -0.1) is 0 Å². The maximum Gasteiger partial charge on any atom is 0.237 e. The Morgan fingerprint density at radius 2 is 1.74 bits per heavy atom. The lowest BCUT2D eigenvalue weighted by Crippen LogP contribution is -2.42. The minimum atomic E-state index is -0.301. The topological polar surface area (TPSA) is 50.4 Å². The summed E-state index contributed by atoms with van der Waals surface area (Å²) in [6.45, 7) is 4.46. The van der Waals surface area contributed by atoms with E-state index in [0.717, 1.165) is 11.3 Å². The first kappa shape index (κ1) is 18.9. The molecule has 2 N–H and O–H groups in total. The van der Waals surface area contributed by atoms with E-state index in [1.807, 2.05) is 43.3 Å². The van der Waals surface area contributed by atoms with Crippen LogP contribution in [0.1, 0.15) is 31.0 Å². The van der Waals surface area contributed by atoms with Crippen molar-refractivity contribution >= 4 is 16.7 Å². The van der Waals surface area contributed by atoms with Crippen LogP contribution < -0.4 is 15.4 Å². The first-order chi connectivity index (χ1) is 13.1. The van der Waals surface area contributed by atoms with Gasteiger partial charge < -0.3 is 10.1 Å². The predicted octanol–water partition coefficient (Wildman–Crippen LogP) is 4.20. The van der Waals surface area contributed by atoms with Crippen LogP contribution in [-0.2, 0) is 11.3 Å². The monoisotopic (exact) mass is 362 g/mol. The normalized spacial score (nSPS) is 13.1. The summed E-state index contributed by atoms with van der Waals surface area (Å²) in [6, 6.07) is 22.1. The highest BCUT2D eigenvalue weighted by molar-refractivity contribution is 5.86. The van der Waals surface area contributed by atoms with Gasteiger partial charge in [-0.3, -0.25) is 10.1 Å². The summed E-state index contributed by atoms with van der Waals surface area (Å²) in [6.07, 6.45) is 0. The van der Waals surface area contributed by atoms with Crippen molar-refractivity contribution in [3.05, 3.63) is 77.9 Å². The highest BCUT2D eigenvalue weighted by Crippen LogP contribution is 2.24. The second-order valence-electron chi connectivity index (χ2n) is 6.75. The van der Waals surface area contributed by atoms with E-state index < -0.39 is 0 Å². The van der Waals surface area contributed by atoms with Gasteiger partial charge in [0.15, 0.2) is 0 Å². The van der Waals surface area contributed by atoms with Crippen molar-refractivity contribution in [3.8, 4) is 5.75 Å². The number of ether oxygens (including phenoxy) is 1. The molecule has 4 nitrogen and oxygen atoms in total. The fraction of sp³-hybridized carbons (Fsp3) is 0.261. The highest BCUT2D eigenvalue weighted by atomic mass is 16.5. The SMILES string of the molecule is COc1cccc(CNC(=O)C(C)NC(C)c2cccc3ccccc23)c1. The number of hydrogen-bond acceptors (Lipinski definition) is 3. The first-order valence-corrected chi connectivity index (χ1v) is 9.23. The van der Waals surface area contributed by atoms with Crippen LogP contribution in [0.15, 0.2) is 66.7 Å². The maximum atomic E-state index is 12.5. The number of hydrogen-bond donors (Lipinski definition) is 2. The average Bonchev–Trinajstić information content (AvgIpc) is 2.71. The van der Waals surface area contributed by atoms with Gasteiger partial charge in [0.05, 0.1) is 13.2 Å². The second kappa shape index (κ2) is 8.69. The molecule has 140 valence electrons. The number of benzene rings is 3. The van der Waals surface area contributed by atoms with Gasteiger partial charge >= 0.3 is 0 Å². The average molecular weight is 362 g/mol. The Labute approximate surface area is 160 Å². The van der Waals surface area contributed by atoms with Crippen LogP contribution >= 0.6 is 0 Å². The molecule has 0 aromatic heterocycles. The van der Waals surface area contributed by atoms with E-state index in [-0.39, 0.29) is 18.0 Å². The molecule has 0 aliphatic carbocycles. The maximum absolute atomic E-state index is 12.5. The van der Waals surface area contributed by atoms with Gasteiger partial charge in [-0.1, -0.05) is 54.6 Å². The first-order valence-electron chi connectivity index (χ1n) is 9.23. The quantitative estimate of drug-likeness (QED) is 0.662. The summed E-state index contributed by atoms with van der Waals surface area (Å²) in [5, 5.41) is 8.82. The van der Waals surface area contributed by atoms with Gasteiger partial charge in [0.25, 0.3) is 0 Å². The molecule has 0 aliphatic heterocycles. The van der Waals surface area contributed by atoms with Crippen LogP contribution in [0.2, 0.25) is 0 Å². The van der Waals surface area contributed by atoms with Crippen LogP contribution in [0, 0.1) is 0 Å². The zero-order valence-corrected chi connectivity index (χ0v) is 16.0. The van der Waals surface area contributed by atoms with Gasteiger partial charge in [0.1, 0.15) is 5.75 Å². The summed E-state index contributed by atoms with van der Waals surface area (Å²) in [5.74, 6) is 0.766. The van der Waals surface area contributed by atoms with Gasteiger partial charge in [-0.2, -0.15) is 0 Å². The van der Waals surface area contributed by atoms with E-state index in [2.05, 4.69) is 47.9 Å². The van der Waals surface area contributed by atoms with Gasteiger partial charge in [-0.25, -0.2) is 0 Å². The minimum absolute atomic E-state index is 0.0232. The van der Waals surface area contributed by atoms with E-state index in [1.54, 1.807) is 7.11 Å². The van der Waals surface area contributed by atoms with Crippen LogP contribution in [0.5, 0.6) is 5.75 Å². The van der Waals surface area contributed by atoms with Crippen LogP contribution in [0.3, 0.4) is 0 Å². The molecular weight excluding hydrogens is 336 g/mol. The Balaban J connectivity index is 1.61. The van der Waals surface area contributed by atoms with Crippen LogP contribution in [0.4, 0.5) is 0 Å². The Bertz CT molecular complexity index is 918. The molecule has 0 fully saturated rings. The zero-order valence-electron chi connectivity index (χ0n) is 16.0. The summed E-state index contributed by atoms with van der Waals surface area (Å²) < 4.78 is 5.22. The van der Waals surface area contributed by atoms with Gasteiger partial charge in [0.2, 0.25) is 5.91 Å². The molecule has 0 saturated carbocycles. The van der Waals surface area contributed by atoms with Crippen molar-refractivity contribution in [1.29, 1.82) is 0 Å². The molecule has 2 unspecified atom stereocenters. The molecule has 4 heteroatoms. The summed E-state index contributed by atoms with van der Waals surface area (Å²) >= 11 is 0. The van der Waals surface area contributed by atoms with Crippen molar-refractivity contribution in [2.45, 2.75) is 32.5 Å². The smallest absolute Gasteiger partial charge is 0.237 e. The van der Waals surface area contributed by atoms with Crippen molar-refractivity contribution in [1.82, 2.24) is 10.6 Å². The summed E-state index contributed by atoms with van der Waals surface area (Å²) in [5.41, 5.74) is 2.21. The van der Waals surface area contributed by atoms with Crippen molar-refractivity contribution in [2.75, 3.05) is 7.11 Å². The van der Waals surface area contributed by atoms with Crippen molar-refractivity contribution in [3.63, 3.8) is 0 Å². The zero-order chi connectivity index (χ0) is 19.2. The van der Waals surface area contributed by atoms with E-state index in [1.165, 1.54) is 16.3 Å². The van der Waals surface area contributed by atoms with Crippen LogP contribution in [0.25, 0.3) is 10.8 Å². The minimum Gasteiger partial charge on any atom is -0.497 e. The lowest BCUT2D eigenvalue weighted by Gasteiger charge is -2.21. The number of amides is 1. The molecule has 1 amide bonds.